The second-order valence-corrected chi connectivity index (χ2v) is 4.70. The van der Waals surface area contributed by atoms with E-state index in [9.17, 15) is 9.90 Å². The lowest BCUT2D eigenvalue weighted by Crippen LogP contribution is -2.29. The van der Waals surface area contributed by atoms with Gasteiger partial charge in [0.05, 0.1) is 19.8 Å². The summed E-state index contributed by atoms with van der Waals surface area (Å²) in [5.41, 5.74) is 1.52. The van der Waals surface area contributed by atoms with Crippen LogP contribution >= 0.6 is 0 Å². The number of amides is 1. The van der Waals surface area contributed by atoms with Gasteiger partial charge in [-0.25, -0.2) is 4.79 Å². The number of methoxy groups -OCH3 is 1. The van der Waals surface area contributed by atoms with Crippen molar-refractivity contribution in [1.82, 2.24) is 5.32 Å². The fourth-order valence-corrected chi connectivity index (χ4v) is 2.01. The molecule has 5 nitrogen and oxygen atoms in total. The van der Waals surface area contributed by atoms with Gasteiger partial charge < -0.3 is 19.9 Å². The highest BCUT2D eigenvalue weighted by atomic mass is 16.5. The number of rotatable bonds is 6. The topological polar surface area (TPSA) is 67.8 Å². The average molecular weight is 301 g/mol. The Balaban J connectivity index is 1.80. The van der Waals surface area contributed by atoms with E-state index in [1.165, 1.54) is 7.11 Å². The number of hydrogen-bond donors (Lipinski definition) is 2. The number of carbonyl (C=O) groups is 1. The van der Waals surface area contributed by atoms with Gasteiger partial charge in [0.2, 0.25) is 0 Å². The number of alkyl carbamates (subject to hydrolysis) is 1. The normalized spacial score (nSPS) is 11.5. The molecule has 0 heterocycles. The van der Waals surface area contributed by atoms with Gasteiger partial charge in [-0.15, -0.1) is 0 Å². The van der Waals surface area contributed by atoms with E-state index in [1.54, 1.807) is 18.2 Å². The van der Waals surface area contributed by atoms with Crippen LogP contribution in [0.15, 0.2) is 54.6 Å². The first-order valence-corrected chi connectivity index (χ1v) is 6.96. The van der Waals surface area contributed by atoms with Gasteiger partial charge in [0, 0.05) is 5.56 Å². The van der Waals surface area contributed by atoms with E-state index >= 15 is 0 Å². The smallest absolute Gasteiger partial charge is 0.407 e. The summed E-state index contributed by atoms with van der Waals surface area (Å²) in [4.78, 5) is 11.6. The molecule has 116 valence electrons. The van der Waals surface area contributed by atoms with E-state index in [0.29, 0.717) is 11.3 Å². The highest BCUT2D eigenvalue weighted by molar-refractivity contribution is 5.67. The van der Waals surface area contributed by atoms with Crippen LogP contribution in [0.25, 0.3) is 0 Å². The predicted octanol–water partition coefficient (Wildman–Crippen LogP) is 2.66. The lowest BCUT2D eigenvalue weighted by Gasteiger charge is -2.15. The second kappa shape index (κ2) is 8.05. The number of aliphatic hydroxyl groups is 1. The van der Waals surface area contributed by atoms with E-state index in [0.717, 1.165) is 5.56 Å². The van der Waals surface area contributed by atoms with Crippen molar-refractivity contribution in [3.63, 3.8) is 0 Å². The second-order valence-electron chi connectivity index (χ2n) is 4.70. The van der Waals surface area contributed by atoms with Crippen LogP contribution in [-0.2, 0) is 11.3 Å². The first-order valence-electron chi connectivity index (χ1n) is 6.96. The van der Waals surface area contributed by atoms with Crippen LogP contribution in [0.3, 0.4) is 0 Å². The summed E-state index contributed by atoms with van der Waals surface area (Å²) in [6, 6.07) is 16.5. The molecule has 0 bridgehead atoms. The zero-order valence-corrected chi connectivity index (χ0v) is 12.4. The maximum Gasteiger partial charge on any atom is 0.407 e. The lowest BCUT2D eigenvalue weighted by molar-refractivity contribution is 0.125. The van der Waals surface area contributed by atoms with Crippen LogP contribution < -0.4 is 10.1 Å². The molecule has 0 fully saturated rings. The van der Waals surface area contributed by atoms with Gasteiger partial charge in [0.15, 0.2) is 0 Å². The maximum atomic E-state index is 11.6. The molecule has 22 heavy (non-hydrogen) atoms. The van der Waals surface area contributed by atoms with Crippen LogP contribution in [0.5, 0.6) is 5.75 Å². The quantitative estimate of drug-likeness (QED) is 0.860. The Labute approximate surface area is 129 Å². The SMILES string of the molecule is COc1ccccc1[C@H](O)CNC(=O)OCc1ccccc1. The number of carbonyl (C=O) groups excluding carboxylic acids is 1. The van der Waals surface area contributed by atoms with Crippen molar-refractivity contribution in [1.29, 1.82) is 0 Å². The van der Waals surface area contributed by atoms with Crippen molar-refractivity contribution in [3.05, 3.63) is 65.7 Å². The van der Waals surface area contributed by atoms with Crippen molar-refractivity contribution >= 4 is 6.09 Å². The van der Waals surface area contributed by atoms with Gasteiger partial charge in [0.1, 0.15) is 12.4 Å². The number of para-hydroxylation sites is 1. The standard InChI is InChI=1S/C17H19NO4/c1-21-16-10-6-5-9-14(16)15(19)11-18-17(20)22-12-13-7-3-2-4-8-13/h2-10,15,19H,11-12H2,1H3,(H,18,20)/t15-/m1/s1. The fraction of sp³-hybridized carbons (Fsp3) is 0.235. The van der Waals surface area contributed by atoms with Gasteiger partial charge >= 0.3 is 6.09 Å². The summed E-state index contributed by atoms with van der Waals surface area (Å²) in [6.45, 7) is 0.241. The molecule has 0 saturated carbocycles. The summed E-state index contributed by atoms with van der Waals surface area (Å²) in [5.74, 6) is 0.578. The van der Waals surface area contributed by atoms with Crippen molar-refractivity contribution < 1.29 is 19.4 Å². The van der Waals surface area contributed by atoms with Crippen molar-refractivity contribution in [2.24, 2.45) is 0 Å². The predicted molar refractivity (Wildman–Crippen MR) is 82.6 cm³/mol. The largest absolute Gasteiger partial charge is 0.496 e. The van der Waals surface area contributed by atoms with Crippen molar-refractivity contribution in [3.8, 4) is 5.75 Å². The Morgan fingerprint density at radius 3 is 2.55 bits per heavy atom. The van der Waals surface area contributed by atoms with E-state index in [2.05, 4.69) is 5.32 Å². The van der Waals surface area contributed by atoms with Crippen LogP contribution in [-0.4, -0.2) is 24.9 Å². The Hall–Kier alpha value is -2.53. The molecule has 2 rings (SSSR count). The Morgan fingerprint density at radius 1 is 1.14 bits per heavy atom. The molecule has 0 aliphatic carbocycles. The third-order valence-electron chi connectivity index (χ3n) is 3.15. The minimum atomic E-state index is -0.861. The summed E-state index contributed by atoms with van der Waals surface area (Å²) in [5, 5.41) is 12.7. The molecule has 0 aliphatic heterocycles. The van der Waals surface area contributed by atoms with E-state index in [4.69, 9.17) is 9.47 Å². The Morgan fingerprint density at radius 2 is 1.82 bits per heavy atom. The molecule has 5 heteroatoms. The molecule has 1 atom stereocenters. The molecular formula is C17H19NO4. The maximum absolute atomic E-state index is 11.6. The highest BCUT2D eigenvalue weighted by Gasteiger charge is 2.14. The number of ether oxygens (including phenoxy) is 2. The molecule has 2 aromatic carbocycles. The molecule has 0 unspecified atom stereocenters. The van der Waals surface area contributed by atoms with Gasteiger partial charge in [0.25, 0.3) is 0 Å². The number of hydrogen-bond acceptors (Lipinski definition) is 4. The monoisotopic (exact) mass is 301 g/mol. The lowest BCUT2D eigenvalue weighted by atomic mass is 10.1. The Bertz CT molecular complexity index is 601. The molecular weight excluding hydrogens is 282 g/mol. The Kier molecular flexibility index (Phi) is 5.80. The van der Waals surface area contributed by atoms with Gasteiger partial charge in [-0.1, -0.05) is 48.5 Å². The van der Waals surface area contributed by atoms with Crippen molar-refractivity contribution in [2.45, 2.75) is 12.7 Å². The number of aliphatic hydroxyl groups excluding tert-OH is 1. The molecule has 2 N–H and O–H groups in total. The van der Waals surface area contributed by atoms with Gasteiger partial charge in [-0.3, -0.25) is 0 Å². The molecule has 0 spiro atoms. The van der Waals surface area contributed by atoms with Crippen LogP contribution in [0.1, 0.15) is 17.2 Å². The van der Waals surface area contributed by atoms with Gasteiger partial charge in [-0.05, 0) is 11.6 Å². The minimum absolute atomic E-state index is 0.0496. The minimum Gasteiger partial charge on any atom is -0.496 e. The van der Waals surface area contributed by atoms with E-state index in [-0.39, 0.29) is 13.2 Å². The summed E-state index contributed by atoms with van der Waals surface area (Å²) in [6.07, 6.45) is -1.43. The zero-order chi connectivity index (χ0) is 15.8. The average Bonchev–Trinajstić information content (AvgIpc) is 2.58. The first-order chi connectivity index (χ1) is 10.7. The fourth-order valence-electron chi connectivity index (χ4n) is 2.01. The summed E-state index contributed by atoms with van der Waals surface area (Å²) < 4.78 is 10.3. The van der Waals surface area contributed by atoms with Crippen LogP contribution in [0.4, 0.5) is 4.79 Å². The molecule has 2 aromatic rings. The molecule has 0 aliphatic rings. The van der Waals surface area contributed by atoms with Crippen LogP contribution in [0, 0.1) is 0 Å². The molecule has 1 amide bonds. The van der Waals surface area contributed by atoms with Gasteiger partial charge in [-0.2, -0.15) is 0 Å². The number of benzene rings is 2. The zero-order valence-electron chi connectivity index (χ0n) is 12.4. The van der Waals surface area contributed by atoms with E-state index < -0.39 is 12.2 Å². The highest BCUT2D eigenvalue weighted by Crippen LogP contribution is 2.23. The summed E-state index contributed by atoms with van der Waals surface area (Å²) in [7, 11) is 1.53. The van der Waals surface area contributed by atoms with Crippen LogP contribution in [0.2, 0.25) is 0 Å². The first kappa shape index (κ1) is 15.9. The third-order valence-corrected chi connectivity index (χ3v) is 3.15. The molecule has 0 aromatic heterocycles. The summed E-state index contributed by atoms with van der Waals surface area (Å²) >= 11 is 0. The van der Waals surface area contributed by atoms with Crippen molar-refractivity contribution in [2.75, 3.05) is 13.7 Å². The number of nitrogens with one attached hydrogen (secondary N) is 1. The molecule has 0 radical (unpaired) electrons. The van der Waals surface area contributed by atoms with E-state index in [1.807, 2.05) is 36.4 Å². The third kappa shape index (κ3) is 4.49. The molecule has 0 saturated heterocycles.